The number of likely N-dealkylation sites (N-methyl/N-ethyl adjacent to an activating group) is 1. The van der Waals surface area contributed by atoms with Crippen molar-refractivity contribution in [2.24, 2.45) is 0 Å². The molecule has 2 rings (SSSR count). The second kappa shape index (κ2) is 7.58. The van der Waals surface area contributed by atoms with Gasteiger partial charge in [0, 0.05) is 45.5 Å². The van der Waals surface area contributed by atoms with Crippen molar-refractivity contribution in [3.05, 3.63) is 29.6 Å². The summed E-state index contributed by atoms with van der Waals surface area (Å²) in [6, 6.07) is 4.35. The van der Waals surface area contributed by atoms with Gasteiger partial charge in [-0.2, -0.15) is 0 Å². The Labute approximate surface area is 116 Å². The van der Waals surface area contributed by atoms with Crippen LogP contribution < -0.4 is 5.32 Å². The highest BCUT2D eigenvalue weighted by atomic mass is 15.3. The number of nitrogens with zero attached hydrogens (tertiary/aromatic N) is 3. The molecule has 1 aliphatic rings. The van der Waals surface area contributed by atoms with Crippen LogP contribution in [0.5, 0.6) is 0 Å². The minimum Gasteiger partial charge on any atom is -0.313 e. The molecule has 1 aromatic heterocycles. The van der Waals surface area contributed by atoms with Gasteiger partial charge >= 0.3 is 0 Å². The number of aromatic nitrogens is 1. The second-order valence-electron chi connectivity index (χ2n) is 5.15. The molecule has 1 aromatic rings. The lowest BCUT2D eigenvalue weighted by molar-refractivity contribution is 0.131. The first-order valence-electron chi connectivity index (χ1n) is 7.41. The van der Waals surface area contributed by atoms with Crippen molar-refractivity contribution >= 4 is 0 Å². The molecule has 1 aliphatic heterocycles. The predicted octanol–water partition coefficient (Wildman–Crippen LogP) is 1.33. The van der Waals surface area contributed by atoms with E-state index in [0.29, 0.717) is 0 Å². The summed E-state index contributed by atoms with van der Waals surface area (Å²) in [5, 5.41) is 3.32. The Morgan fingerprint density at radius 2 is 1.84 bits per heavy atom. The van der Waals surface area contributed by atoms with E-state index < -0.39 is 0 Å². The Balaban J connectivity index is 1.79. The van der Waals surface area contributed by atoms with Crippen LogP contribution in [-0.4, -0.2) is 54.1 Å². The van der Waals surface area contributed by atoms with Crippen LogP contribution in [0.2, 0.25) is 0 Å². The van der Waals surface area contributed by atoms with Crippen molar-refractivity contribution in [1.82, 2.24) is 20.1 Å². The minimum atomic E-state index is 0.916. The zero-order chi connectivity index (χ0) is 13.5. The highest BCUT2D eigenvalue weighted by Gasteiger charge is 2.15. The van der Waals surface area contributed by atoms with E-state index in [0.717, 1.165) is 32.7 Å². The average molecular weight is 262 g/mol. The molecule has 19 heavy (non-hydrogen) atoms. The summed E-state index contributed by atoms with van der Waals surface area (Å²) < 4.78 is 0. The first-order chi connectivity index (χ1) is 9.31. The van der Waals surface area contributed by atoms with Crippen LogP contribution in [0.25, 0.3) is 0 Å². The molecule has 106 valence electrons. The molecular formula is C15H26N4. The zero-order valence-corrected chi connectivity index (χ0v) is 12.2. The van der Waals surface area contributed by atoms with Crippen molar-refractivity contribution in [2.75, 3.05) is 39.3 Å². The van der Waals surface area contributed by atoms with E-state index in [1.165, 1.54) is 30.9 Å². The molecule has 0 aromatic carbocycles. The number of hydrogen-bond acceptors (Lipinski definition) is 4. The van der Waals surface area contributed by atoms with Crippen LogP contribution in [0.1, 0.15) is 25.1 Å². The molecule has 1 fully saturated rings. The predicted molar refractivity (Wildman–Crippen MR) is 79.0 cm³/mol. The van der Waals surface area contributed by atoms with Gasteiger partial charge in [-0.3, -0.25) is 9.88 Å². The van der Waals surface area contributed by atoms with E-state index in [4.69, 9.17) is 0 Å². The normalized spacial score (nSPS) is 17.8. The number of nitrogens with one attached hydrogen (secondary N) is 1. The maximum atomic E-state index is 4.57. The van der Waals surface area contributed by atoms with Crippen molar-refractivity contribution in [2.45, 2.75) is 26.9 Å². The van der Waals surface area contributed by atoms with E-state index in [-0.39, 0.29) is 0 Å². The first-order valence-corrected chi connectivity index (χ1v) is 7.41. The SMILES string of the molecule is CCNCc1ccc(CN2CCN(CC)CC2)nc1. The van der Waals surface area contributed by atoms with E-state index >= 15 is 0 Å². The fraction of sp³-hybridized carbons (Fsp3) is 0.667. The van der Waals surface area contributed by atoms with Crippen molar-refractivity contribution < 1.29 is 0 Å². The number of hydrogen-bond donors (Lipinski definition) is 1. The highest BCUT2D eigenvalue weighted by Crippen LogP contribution is 2.07. The van der Waals surface area contributed by atoms with Gasteiger partial charge in [-0.05, 0) is 24.7 Å². The summed E-state index contributed by atoms with van der Waals surface area (Å²) in [5.41, 5.74) is 2.45. The Morgan fingerprint density at radius 1 is 1.11 bits per heavy atom. The Kier molecular flexibility index (Phi) is 5.76. The maximum absolute atomic E-state index is 4.57. The third-order valence-electron chi connectivity index (χ3n) is 3.76. The van der Waals surface area contributed by atoms with Crippen LogP contribution in [0.15, 0.2) is 18.3 Å². The van der Waals surface area contributed by atoms with Gasteiger partial charge in [-0.25, -0.2) is 0 Å². The lowest BCUT2D eigenvalue weighted by Gasteiger charge is -2.33. The van der Waals surface area contributed by atoms with Gasteiger partial charge in [0.15, 0.2) is 0 Å². The topological polar surface area (TPSA) is 31.4 Å². The molecule has 0 spiro atoms. The Morgan fingerprint density at radius 3 is 2.42 bits per heavy atom. The lowest BCUT2D eigenvalue weighted by Crippen LogP contribution is -2.45. The smallest absolute Gasteiger partial charge is 0.0544 e. The standard InChI is InChI=1S/C15H26N4/c1-3-16-11-14-5-6-15(17-12-14)13-19-9-7-18(4-2)8-10-19/h5-6,12,16H,3-4,7-11,13H2,1-2H3. The molecule has 0 bridgehead atoms. The molecular weight excluding hydrogens is 236 g/mol. The summed E-state index contributed by atoms with van der Waals surface area (Å²) in [5.74, 6) is 0. The van der Waals surface area contributed by atoms with Gasteiger partial charge in [0.25, 0.3) is 0 Å². The van der Waals surface area contributed by atoms with Crippen molar-refractivity contribution in [1.29, 1.82) is 0 Å². The maximum Gasteiger partial charge on any atom is 0.0544 e. The minimum absolute atomic E-state index is 0.916. The summed E-state index contributed by atoms with van der Waals surface area (Å²) in [6.45, 7) is 13.1. The highest BCUT2D eigenvalue weighted by molar-refractivity contribution is 5.14. The number of pyridine rings is 1. The molecule has 0 atom stereocenters. The molecule has 0 saturated carbocycles. The first kappa shape index (κ1) is 14.4. The third-order valence-corrected chi connectivity index (χ3v) is 3.76. The molecule has 4 nitrogen and oxygen atoms in total. The summed E-state index contributed by atoms with van der Waals surface area (Å²) >= 11 is 0. The van der Waals surface area contributed by atoms with Gasteiger partial charge in [0.2, 0.25) is 0 Å². The Hall–Kier alpha value is -0.970. The van der Waals surface area contributed by atoms with Crippen LogP contribution >= 0.6 is 0 Å². The van der Waals surface area contributed by atoms with Crippen LogP contribution in [0.3, 0.4) is 0 Å². The zero-order valence-electron chi connectivity index (χ0n) is 12.2. The summed E-state index contributed by atoms with van der Waals surface area (Å²) in [6.07, 6.45) is 2.00. The summed E-state index contributed by atoms with van der Waals surface area (Å²) in [7, 11) is 0. The van der Waals surface area contributed by atoms with Gasteiger partial charge in [0.1, 0.15) is 0 Å². The molecule has 4 heteroatoms. The number of rotatable bonds is 6. The Bertz CT molecular complexity index is 355. The van der Waals surface area contributed by atoms with Crippen molar-refractivity contribution in [3.63, 3.8) is 0 Å². The fourth-order valence-corrected chi connectivity index (χ4v) is 2.42. The molecule has 0 amide bonds. The van der Waals surface area contributed by atoms with E-state index in [1.807, 2.05) is 6.20 Å². The van der Waals surface area contributed by atoms with E-state index in [2.05, 4.69) is 46.1 Å². The second-order valence-corrected chi connectivity index (χ2v) is 5.15. The third kappa shape index (κ3) is 4.56. The molecule has 1 saturated heterocycles. The quantitative estimate of drug-likeness (QED) is 0.838. The molecule has 0 radical (unpaired) electrons. The van der Waals surface area contributed by atoms with Gasteiger partial charge < -0.3 is 10.2 Å². The molecule has 2 heterocycles. The molecule has 1 N–H and O–H groups in total. The monoisotopic (exact) mass is 262 g/mol. The molecule has 0 unspecified atom stereocenters. The van der Waals surface area contributed by atoms with E-state index in [1.54, 1.807) is 0 Å². The van der Waals surface area contributed by atoms with Gasteiger partial charge in [-0.1, -0.05) is 19.9 Å². The van der Waals surface area contributed by atoms with Crippen LogP contribution in [0, 0.1) is 0 Å². The number of piperazine rings is 1. The average Bonchev–Trinajstić information content (AvgIpc) is 2.47. The van der Waals surface area contributed by atoms with Gasteiger partial charge in [-0.15, -0.1) is 0 Å². The van der Waals surface area contributed by atoms with Crippen molar-refractivity contribution in [3.8, 4) is 0 Å². The van der Waals surface area contributed by atoms with Crippen LogP contribution in [-0.2, 0) is 13.1 Å². The lowest BCUT2D eigenvalue weighted by atomic mass is 10.2. The van der Waals surface area contributed by atoms with Gasteiger partial charge in [0.05, 0.1) is 5.69 Å². The molecule has 0 aliphatic carbocycles. The van der Waals surface area contributed by atoms with E-state index in [9.17, 15) is 0 Å². The fourth-order valence-electron chi connectivity index (χ4n) is 2.42. The summed E-state index contributed by atoms with van der Waals surface area (Å²) in [4.78, 5) is 9.57. The largest absolute Gasteiger partial charge is 0.313 e. The van der Waals surface area contributed by atoms with Crippen LogP contribution in [0.4, 0.5) is 0 Å².